The number of rotatable bonds is 11. The van der Waals surface area contributed by atoms with E-state index in [0.29, 0.717) is 13.2 Å². The number of unbranched alkanes of at least 4 members (excludes halogenated alkanes) is 2. The summed E-state index contributed by atoms with van der Waals surface area (Å²) in [4.78, 5) is 4.31. The molecule has 3 heteroatoms. The molecule has 0 unspecified atom stereocenters. The van der Waals surface area contributed by atoms with E-state index in [-0.39, 0.29) is 0 Å². The van der Waals surface area contributed by atoms with Crippen molar-refractivity contribution in [2.24, 2.45) is 0 Å². The molecule has 0 bridgehead atoms. The van der Waals surface area contributed by atoms with Crippen molar-refractivity contribution in [3.63, 3.8) is 0 Å². The van der Waals surface area contributed by atoms with E-state index in [2.05, 4.69) is 67.4 Å². The Kier molecular flexibility index (Phi) is 8.52. The minimum absolute atomic E-state index is 0.696. The van der Waals surface area contributed by atoms with Crippen molar-refractivity contribution in [1.29, 1.82) is 0 Å². The zero-order chi connectivity index (χ0) is 21.0. The fourth-order valence-corrected chi connectivity index (χ4v) is 3.14. The highest BCUT2D eigenvalue weighted by molar-refractivity contribution is 5.91. The normalized spacial score (nSPS) is 11.3. The van der Waals surface area contributed by atoms with Crippen molar-refractivity contribution in [1.82, 2.24) is 4.98 Å². The van der Waals surface area contributed by atoms with Crippen molar-refractivity contribution in [2.45, 2.75) is 39.5 Å². The maximum Gasteiger partial charge on any atom is 0.161 e. The quantitative estimate of drug-likeness (QED) is 0.255. The smallest absolute Gasteiger partial charge is 0.161 e. The lowest BCUT2D eigenvalue weighted by Gasteiger charge is -2.14. The van der Waals surface area contributed by atoms with Crippen LogP contribution in [0.5, 0.6) is 11.5 Å². The van der Waals surface area contributed by atoms with E-state index in [9.17, 15) is 0 Å². The van der Waals surface area contributed by atoms with Crippen LogP contribution in [-0.2, 0) is 0 Å². The Balaban J connectivity index is 1.96. The highest BCUT2D eigenvalue weighted by atomic mass is 16.5. The summed E-state index contributed by atoms with van der Waals surface area (Å²) in [6.45, 7) is 5.74. The summed E-state index contributed by atoms with van der Waals surface area (Å²) in [6, 6.07) is 20.7. The fraction of sp³-hybridized carbons (Fsp3) is 0.296. The molecule has 1 aromatic heterocycles. The maximum atomic E-state index is 6.08. The van der Waals surface area contributed by atoms with Crippen molar-refractivity contribution in [3.8, 4) is 11.5 Å². The predicted molar refractivity (Wildman–Crippen MR) is 125 cm³/mol. The number of benzene rings is 2. The highest BCUT2D eigenvalue weighted by Crippen LogP contribution is 2.32. The van der Waals surface area contributed by atoms with Gasteiger partial charge in [-0.2, -0.15) is 0 Å². The molecular formula is C27H31NO2. The maximum absolute atomic E-state index is 6.08. The zero-order valence-corrected chi connectivity index (χ0v) is 18.0. The van der Waals surface area contributed by atoms with Gasteiger partial charge in [-0.1, -0.05) is 69.2 Å². The first-order valence-electron chi connectivity index (χ1n) is 10.9. The molecule has 3 rings (SSSR count). The number of hydrogen-bond acceptors (Lipinski definition) is 3. The van der Waals surface area contributed by atoms with Gasteiger partial charge in [-0.3, -0.25) is 4.98 Å². The average molecular weight is 402 g/mol. The monoisotopic (exact) mass is 401 g/mol. The Morgan fingerprint density at radius 1 is 0.800 bits per heavy atom. The molecule has 3 nitrogen and oxygen atoms in total. The van der Waals surface area contributed by atoms with Crippen molar-refractivity contribution in [3.05, 3.63) is 89.7 Å². The molecule has 0 amide bonds. The van der Waals surface area contributed by atoms with Gasteiger partial charge in [0, 0.05) is 18.0 Å². The van der Waals surface area contributed by atoms with Crippen molar-refractivity contribution < 1.29 is 9.47 Å². The van der Waals surface area contributed by atoms with E-state index in [1.165, 1.54) is 0 Å². The standard InChI is InChI=1S/C27H31NO2/c1-3-5-17-29-26-15-14-22(20-27(26)30-18-6-4-2)19-25(23-11-8-7-9-12-23)24-13-10-16-28-21-24/h7-16,19-21H,3-6,17-18H2,1-2H3/b25-19-. The second-order valence-corrected chi connectivity index (χ2v) is 7.28. The second kappa shape index (κ2) is 11.8. The van der Waals surface area contributed by atoms with Gasteiger partial charge >= 0.3 is 0 Å². The molecule has 0 spiro atoms. The minimum atomic E-state index is 0.696. The van der Waals surface area contributed by atoms with Gasteiger partial charge < -0.3 is 9.47 Å². The lowest BCUT2D eigenvalue weighted by atomic mass is 9.97. The Morgan fingerprint density at radius 3 is 2.17 bits per heavy atom. The van der Waals surface area contributed by atoms with Crippen LogP contribution < -0.4 is 9.47 Å². The van der Waals surface area contributed by atoms with E-state index in [0.717, 1.165) is 59.4 Å². The first-order chi connectivity index (χ1) is 14.8. The number of ether oxygens (including phenoxy) is 2. The molecule has 0 N–H and O–H groups in total. The van der Waals surface area contributed by atoms with Gasteiger partial charge in [-0.25, -0.2) is 0 Å². The Hall–Kier alpha value is -3.07. The molecule has 3 aromatic rings. The van der Waals surface area contributed by atoms with Crippen LogP contribution in [0.2, 0.25) is 0 Å². The van der Waals surface area contributed by atoms with Gasteiger partial charge in [0.15, 0.2) is 11.5 Å². The highest BCUT2D eigenvalue weighted by Gasteiger charge is 2.09. The molecule has 30 heavy (non-hydrogen) atoms. The molecule has 156 valence electrons. The average Bonchev–Trinajstić information content (AvgIpc) is 2.80. The third-order valence-electron chi connectivity index (χ3n) is 4.85. The number of pyridine rings is 1. The largest absolute Gasteiger partial charge is 0.490 e. The van der Waals surface area contributed by atoms with Crippen LogP contribution >= 0.6 is 0 Å². The lowest BCUT2D eigenvalue weighted by molar-refractivity contribution is 0.262. The van der Waals surface area contributed by atoms with E-state index < -0.39 is 0 Å². The Labute approximate surface area is 180 Å². The summed E-state index contributed by atoms with van der Waals surface area (Å²) in [6.07, 6.45) is 10.2. The van der Waals surface area contributed by atoms with Crippen LogP contribution in [0.1, 0.15) is 56.2 Å². The molecule has 0 aliphatic heterocycles. The van der Waals surface area contributed by atoms with E-state index in [1.54, 1.807) is 6.20 Å². The second-order valence-electron chi connectivity index (χ2n) is 7.28. The van der Waals surface area contributed by atoms with Crippen LogP contribution in [0, 0.1) is 0 Å². The minimum Gasteiger partial charge on any atom is -0.490 e. The van der Waals surface area contributed by atoms with Gasteiger partial charge in [-0.05, 0) is 53.8 Å². The molecule has 0 saturated carbocycles. The lowest BCUT2D eigenvalue weighted by Crippen LogP contribution is -2.02. The van der Waals surface area contributed by atoms with Gasteiger partial charge in [0.25, 0.3) is 0 Å². The predicted octanol–water partition coefficient (Wildman–Crippen LogP) is 7.03. The number of hydrogen-bond donors (Lipinski definition) is 0. The van der Waals surface area contributed by atoms with Gasteiger partial charge in [-0.15, -0.1) is 0 Å². The summed E-state index contributed by atoms with van der Waals surface area (Å²) >= 11 is 0. The fourth-order valence-electron chi connectivity index (χ4n) is 3.14. The van der Waals surface area contributed by atoms with Crippen LogP contribution in [-0.4, -0.2) is 18.2 Å². The van der Waals surface area contributed by atoms with Crippen LogP contribution in [0.15, 0.2) is 73.1 Å². The van der Waals surface area contributed by atoms with Crippen molar-refractivity contribution >= 4 is 11.6 Å². The van der Waals surface area contributed by atoms with Gasteiger partial charge in [0.1, 0.15) is 0 Å². The molecule has 0 fully saturated rings. The van der Waals surface area contributed by atoms with Crippen LogP contribution in [0.25, 0.3) is 11.6 Å². The van der Waals surface area contributed by atoms with Gasteiger partial charge in [0.2, 0.25) is 0 Å². The number of aromatic nitrogens is 1. The molecule has 0 aliphatic carbocycles. The van der Waals surface area contributed by atoms with Gasteiger partial charge in [0.05, 0.1) is 13.2 Å². The summed E-state index contributed by atoms with van der Waals surface area (Å²) in [7, 11) is 0. The molecule has 0 atom stereocenters. The summed E-state index contributed by atoms with van der Waals surface area (Å²) in [5.41, 5.74) is 4.44. The molecule has 0 aliphatic rings. The first kappa shape index (κ1) is 21.6. The van der Waals surface area contributed by atoms with E-state index in [1.807, 2.05) is 24.4 Å². The van der Waals surface area contributed by atoms with Crippen molar-refractivity contribution in [2.75, 3.05) is 13.2 Å². The SMILES string of the molecule is CCCCOc1ccc(/C=C(/c2ccccc2)c2cccnc2)cc1OCCCC. The third kappa shape index (κ3) is 6.21. The van der Waals surface area contributed by atoms with E-state index >= 15 is 0 Å². The Bertz CT molecular complexity index is 879. The van der Waals surface area contributed by atoms with E-state index in [4.69, 9.17) is 9.47 Å². The molecule has 0 radical (unpaired) electrons. The molecule has 2 aromatic carbocycles. The zero-order valence-electron chi connectivity index (χ0n) is 18.0. The topological polar surface area (TPSA) is 31.4 Å². The summed E-state index contributed by atoms with van der Waals surface area (Å²) in [5.74, 6) is 1.63. The first-order valence-corrected chi connectivity index (χ1v) is 10.9. The van der Waals surface area contributed by atoms with Crippen LogP contribution in [0.4, 0.5) is 0 Å². The van der Waals surface area contributed by atoms with Crippen LogP contribution in [0.3, 0.4) is 0 Å². The summed E-state index contributed by atoms with van der Waals surface area (Å²) < 4.78 is 12.1. The molecular weight excluding hydrogens is 370 g/mol. The molecule has 1 heterocycles. The summed E-state index contributed by atoms with van der Waals surface area (Å²) in [5, 5.41) is 0. The molecule has 0 saturated heterocycles. The Morgan fingerprint density at radius 2 is 1.50 bits per heavy atom. The number of nitrogens with zero attached hydrogens (tertiary/aromatic N) is 1. The third-order valence-corrected chi connectivity index (χ3v) is 4.85.